The van der Waals surface area contributed by atoms with Crippen molar-refractivity contribution >= 4 is 12.1 Å². The smallest absolute Gasteiger partial charge is 0.422 e. The summed E-state index contributed by atoms with van der Waals surface area (Å²) in [5.41, 5.74) is -2.48. The van der Waals surface area contributed by atoms with E-state index in [2.05, 4.69) is 4.74 Å². The molecule has 5 nitrogen and oxygen atoms in total. The third-order valence-electron chi connectivity index (χ3n) is 3.86. The van der Waals surface area contributed by atoms with E-state index in [1.54, 1.807) is 41.7 Å². The number of hydrogen-bond acceptors (Lipinski definition) is 4. The predicted octanol–water partition coefficient (Wildman–Crippen LogP) is 3.63. The van der Waals surface area contributed by atoms with E-state index in [-0.39, 0.29) is 12.2 Å². The number of amides is 1. The zero-order valence-corrected chi connectivity index (χ0v) is 14.5. The van der Waals surface area contributed by atoms with Crippen molar-refractivity contribution < 1.29 is 32.2 Å². The molecule has 0 aliphatic carbocycles. The van der Waals surface area contributed by atoms with Crippen molar-refractivity contribution in [2.24, 2.45) is 0 Å². The Kier molecular flexibility index (Phi) is 6.44. The molecule has 2 aromatic rings. The highest BCUT2D eigenvalue weighted by atomic mass is 19.4. The average molecular weight is 381 g/mol. The third-order valence-corrected chi connectivity index (χ3v) is 3.86. The summed E-state index contributed by atoms with van der Waals surface area (Å²) in [7, 11) is 0.824. The van der Waals surface area contributed by atoms with Gasteiger partial charge in [0.15, 0.2) is 0 Å². The van der Waals surface area contributed by atoms with Crippen LogP contribution in [0.15, 0.2) is 60.7 Å². The van der Waals surface area contributed by atoms with Crippen molar-refractivity contribution in [2.75, 3.05) is 7.11 Å². The van der Waals surface area contributed by atoms with Gasteiger partial charge in [0.2, 0.25) is 5.54 Å². The van der Waals surface area contributed by atoms with E-state index >= 15 is 0 Å². The van der Waals surface area contributed by atoms with Crippen LogP contribution in [-0.2, 0) is 27.3 Å². The molecule has 0 heterocycles. The fourth-order valence-electron chi connectivity index (χ4n) is 2.46. The zero-order chi connectivity index (χ0) is 19.9. The molecule has 0 fully saturated rings. The Labute approximate surface area is 154 Å². The minimum absolute atomic E-state index is 0.198. The molecule has 1 amide bonds. The van der Waals surface area contributed by atoms with Crippen molar-refractivity contribution in [1.29, 1.82) is 0 Å². The Hall–Kier alpha value is -3.03. The Balaban J connectivity index is 2.25. The van der Waals surface area contributed by atoms with Gasteiger partial charge in [-0.2, -0.15) is 13.2 Å². The van der Waals surface area contributed by atoms with Gasteiger partial charge < -0.3 is 9.47 Å². The second-order valence-electron chi connectivity index (χ2n) is 5.74. The minimum Gasteiger partial charge on any atom is -0.467 e. The Bertz CT molecular complexity index is 766. The second-order valence-corrected chi connectivity index (χ2v) is 5.74. The Morgan fingerprint density at radius 2 is 1.44 bits per heavy atom. The van der Waals surface area contributed by atoms with Gasteiger partial charge in [0, 0.05) is 6.42 Å². The molecule has 2 aromatic carbocycles. The van der Waals surface area contributed by atoms with E-state index in [4.69, 9.17) is 4.74 Å². The number of alkyl carbamates (subject to hydrolysis) is 1. The second kappa shape index (κ2) is 8.57. The molecular formula is C19H18F3NO4. The minimum atomic E-state index is -5.11. The van der Waals surface area contributed by atoms with E-state index in [1.165, 1.54) is 24.3 Å². The zero-order valence-electron chi connectivity index (χ0n) is 14.5. The number of esters is 1. The van der Waals surface area contributed by atoms with Crippen molar-refractivity contribution in [3.63, 3.8) is 0 Å². The fourth-order valence-corrected chi connectivity index (χ4v) is 2.46. The van der Waals surface area contributed by atoms with Crippen LogP contribution < -0.4 is 5.32 Å². The van der Waals surface area contributed by atoms with Gasteiger partial charge in [-0.05, 0) is 11.1 Å². The van der Waals surface area contributed by atoms with Gasteiger partial charge in [0.05, 0.1) is 7.11 Å². The predicted molar refractivity (Wildman–Crippen MR) is 90.7 cm³/mol. The lowest BCUT2D eigenvalue weighted by molar-refractivity contribution is -0.210. The number of nitrogens with one attached hydrogen (secondary N) is 1. The highest BCUT2D eigenvalue weighted by molar-refractivity contribution is 5.87. The monoisotopic (exact) mass is 381 g/mol. The molecule has 0 spiro atoms. The van der Waals surface area contributed by atoms with E-state index in [0.717, 1.165) is 7.11 Å². The first-order chi connectivity index (χ1) is 12.8. The number of carbonyl (C=O) groups is 2. The standard InChI is InChI=1S/C19H18F3NO4/c1-26-16(24)18(19(20,21)22,12-14-8-4-2-5-9-14)23-17(25)27-13-15-10-6-3-7-11-15/h2-11H,12-13H2,1H3,(H,23,25)/t18-/m1/s1. The maximum Gasteiger partial charge on any atom is 0.422 e. The number of methoxy groups -OCH3 is 1. The number of benzene rings is 2. The SMILES string of the molecule is COC(=O)[C@@](Cc1ccccc1)(NC(=O)OCc1ccccc1)C(F)(F)F. The van der Waals surface area contributed by atoms with Crippen LogP contribution in [0.25, 0.3) is 0 Å². The quantitative estimate of drug-likeness (QED) is 0.776. The van der Waals surface area contributed by atoms with E-state index in [1.807, 2.05) is 0 Å². The lowest BCUT2D eigenvalue weighted by Gasteiger charge is -2.33. The Morgan fingerprint density at radius 1 is 0.926 bits per heavy atom. The lowest BCUT2D eigenvalue weighted by Crippen LogP contribution is -2.65. The molecule has 0 saturated carbocycles. The molecule has 0 aromatic heterocycles. The van der Waals surface area contributed by atoms with Crippen molar-refractivity contribution in [2.45, 2.75) is 24.7 Å². The van der Waals surface area contributed by atoms with Crippen LogP contribution in [0, 0.1) is 0 Å². The summed E-state index contributed by atoms with van der Waals surface area (Å²) in [6.45, 7) is -0.243. The number of alkyl halides is 3. The summed E-state index contributed by atoms with van der Waals surface area (Å²) < 4.78 is 50.8. The molecule has 144 valence electrons. The summed E-state index contributed by atoms with van der Waals surface area (Å²) >= 11 is 0. The normalized spacial score (nSPS) is 13.3. The maximum atomic E-state index is 13.9. The molecule has 1 atom stereocenters. The largest absolute Gasteiger partial charge is 0.467 e. The van der Waals surface area contributed by atoms with Crippen LogP contribution in [-0.4, -0.2) is 30.9 Å². The molecule has 0 unspecified atom stereocenters. The van der Waals surface area contributed by atoms with Crippen molar-refractivity contribution in [3.8, 4) is 0 Å². The van der Waals surface area contributed by atoms with Crippen LogP contribution in [0.3, 0.4) is 0 Å². The van der Waals surface area contributed by atoms with Crippen molar-refractivity contribution in [3.05, 3.63) is 71.8 Å². The van der Waals surface area contributed by atoms with Gasteiger partial charge in [0.25, 0.3) is 0 Å². The topological polar surface area (TPSA) is 64.6 Å². The van der Waals surface area contributed by atoms with Gasteiger partial charge in [-0.15, -0.1) is 0 Å². The number of carbonyl (C=O) groups excluding carboxylic acids is 2. The molecular weight excluding hydrogens is 363 g/mol. The number of ether oxygens (including phenoxy) is 2. The van der Waals surface area contributed by atoms with Gasteiger partial charge in [-0.25, -0.2) is 9.59 Å². The number of rotatable bonds is 6. The molecule has 2 rings (SSSR count). The number of hydrogen-bond donors (Lipinski definition) is 1. The van der Waals surface area contributed by atoms with E-state index in [9.17, 15) is 22.8 Å². The molecule has 1 N–H and O–H groups in total. The Morgan fingerprint density at radius 3 is 1.93 bits per heavy atom. The summed E-state index contributed by atoms with van der Waals surface area (Å²) in [5.74, 6) is -1.63. The molecule has 0 aliphatic rings. The first-order valence-corrected chi connectivity index (χ1v) is 7.96. The highest BCUT2D eigenvalue weighted by Crippen LogP contribution is 2.35. The van der Waals surface area contributed by atoms with Gasteiger partial charge >= 0.3 is 18.2 Å². The highest BCUT2D eigenvalue weighted by Gasteiger charge is 2.62. The van der Waals surface area contributed by atoms with E-state index in [0.29, 0.717) is 5.56 Å². The van der Waals surface area contributed by atoms with Crippen LogP contribution in [0.4, 0.5) is 18.0 Å². The van der Waals surface area contributed by atoms with Crippen LogP contribution in [0.5, 0.6) is 0 Å². The summed E-state index contributed by atoms with van der Waals surface area (Å²) in [4.78, 5) is 24.1. The average Bonchev–Trinajstić information content (AvgIpc) is 2.66. The third kappa shape index (κ3) is 4.99. The van der Waals surface area contributed by atoms with Crippen LogP contribution in [0.2, 0.25) is 0 Å². The van der Waals surface area contributed by atoms with Crippen molar-refractivity contribution in [1.82, 2.24) is 5.32 Å². The lowest BCUT2D eigenvalue weighted by atomic mass is 9.90. The summed E-state index contributed by atoms with van der Waals surface area (Å²) in [6, 6.07) is 15.9. The molecule has 0 radical (unpaired) electrons. The molecule has 0 saturated heterocycles. The summed E-state index contributed by atoms with van der Waals surface area (Å²) in [5, 5.41) is 1.68. The first kappa shape index (κ1) is 20.3. The molecule has 8 heteroatoms. The van der Waals surface area contributed by atoms with Gasteiger partial charge in [-0.1, -0.05) is 60.7 Å². The molecule has 0 aliphatic heterocycles. The van der Waals surface area contributed by atoms with Gasteiger partial charge in [0.1, 0.15) is 6.61 Å². The summed E-state index contributed by atoms with van der Waals surface area (Å²) in [6.07, 6.45) is -7.32. The van der Waals surface area contributed by atoms with Crippen LogP contribution >= 0.6 is 0 Å². The molecule has 27 heavy (non-hydrogen) atoms. The van der Waals surface area contributed by atoms with E-state index < -0.39 is 30.2 Å². The van der Waals surface area contributed by atoms with Crippen LogP contribution in [0.1, 0.15) is 11.1 Å². The first-order valence-electron chi connectivity index (χ1n) is 7.96. The van der Waals surface area contributed by atoms with Gasteiger partial charge in [-0.3, -0.25) is 5.32 Å². The fraction of sp³-hybridized carbons (Fsp3) is 0.263. The number of halogens is 3. The molecule has 0 bridgehead atoms. The maximum absolute atomic E-state index is 13.9.